The quantitative estimate of drug-likeness (QED) is 0.165. The molecule has 0 unspecified atom stereocenters. The lowest BCUT2D eigenvalue weighted by atomic mass is 9.97. The van der Waals surface area contributed by atoms with Gasteiger partial charge in [-0.3, -0.25) is 0 Å². The van der Waals surface area contributed by atoms with Gasteiger partial charge in [0, 0.05) is 11.6 Å². The first kappa shape index (κ1) is 25.4. The highest BCUT2D eigenvalue weighted by atomic mass is 19.3. The summed E-state index contributed by atoms with van der Waals surface area (Å²) in [5.41, 5.74) is -0.882. The molecule has 38 heavy (non-hydrogen) atoms. The van der Waals surface area contributed by atoms with Crippen molar-refractivity contribution >= 4 is 21.5 Å². The summed E-state index contributed by atoms with van der Waals surface area (Å²) in [6, 6.07) is 9.39. The van der Waals surface area contributed by atoms with Crippen molar-refractivity contribution in [1.29, 1.82) is 0 Å². The van der Waals surface area contributed by atoms with Crippen molar-refractivity contribution in [3.8, 4) is 16.9 Å². The highest BCUT2D eigenvalue weighted by Gasteiger charge is 2.35. The van der Waals surface area contributed by atoms with Crippen molar-refractivity contribution in [3.63, 3.8) is 0 Å². The third-order valence-corrected chi connectivity index (χ3v) is 6.08. The average Bonchev–Trinajstić information content (AvgIpc) is 2.85. The van der Waals surface area contributed by atoms with Crippen LogP contribution >= 0.6 is 0 Å². The van der Waals surface area contributed by atoms with Gasteiger partial charge < -0.3 is 4.74 Å². The van der Waals surface area contributed by atoms with E-state index in [1.54, 1.807) is 0 Å². The topological polar surface area (TPSA) is 9.23 Å². The summed E-state index contributed by atoms with van der Waals surface area (Å²) < 4.78 is 133. The molecular weight excluding hydrogens is 523 g/mol. The van der Waals surface area contributed by atoms with Crippen LogP contribution in [0, 0.1) is 47.6 Å². The minimum atomic E-state index is -4.09. The second-order valence-corrected chi connectivity index (χ2v) is 8.53. The van der Waals surface area contributed by atoms with Gasteiger partial charge in [-0.15, -0.1) is 0 Å². The molecule has 0 aromatic heterocycles. The highest BCUT2D eigenvalue weighted by molar-refractivity contribution is 5.89. The second-order valence-electron chi connectivity index (χ2n) is 8.53. The van der Waals surface area contributed by atoms with Gasteiger partial charge in [0.1, 0.15) is 17.4 Å². The van der Waals surface area contributed by atoms with E-state index in [4.69, 9.17) is 0 Å². The van der Waals surface area contributed by atoms with Crippen molar-refractivity contribution in [1.82, 2.24) is 0 Å². The number of fused-ring (bicyclic) bond motifs is 2. The van der Waals surface area contributed by atoms with Gasteiger partial charge in [0.15, 0.2) is 29.1 Å². The third-order valence-electron chi connectivity index (χ3n) is 6.08. The Morgan fingerprint density at radius 1 is 0.579 bits per heavy atom. The summed E-state index contributed by atoms with van der Waals surface area (Å²) in [7, 11) is 0. The van der Waals surface area contributed by atoms with E-state index in [-0.39, 0.29) is 22.1 Å². The Morgan fingerprint density at radius 2 is 1.24 bits per heavy atom. The summed E-state index contributed by atoms with van der Waals surface area (Å²) in [6.45, 7) is 1.33. The van der Waals surface area contributed by atoms with Crippen LogP contribution in [0.2, 0.25) is 0 Å². The molecule has 5 rings (SSSR count). The zero-order chi connectivity index (χ0) is 27.5. The number of alkyl halides is 2. The van der Waals surface area contributed by atoms with E-state index in [0.717, 1.165) is 24.3 Å². The Kier molecular flexibility index (Phi) is 6.00. The van der Waals surface area contributed by atoms with Crippen LogP contribution in [-0.4, -0.2) is 0 Å². The average molecular weight is 536 g/mol. The minimum absolute atomic E-state index is 0.0116. The SMILES string of the molecule is Cc1cc2ccc(-c3ccc(C(F)(F)Oc4cc(F)c5c(F)c(F)c(F)cc5c4)cc3)c(F)c2c(F)c1F. The van der Waals surface area contributed by atoms with Crippen molar-refractivity contribution in [2.75, 3.05) is 0 Å². The van der Waals surface area contributed by atoms with Crippen molar-refractivity contribution < 1.29 is 44.3 Å². The fourth-order valence-electron chi connectivity index (χ4n) is 4.21. The van der Waals surface area contributed by atoms with Crippen molar-refractivity contribution in [3.05, 3.63) is 113 Å². The van der Waals surface area contributed by atoms with E-state index in [1.807, 2.05) is 0 Å². The maximum Gasteiger partial charge on any atom is 0.426 e. The standard InChI is InChI=1S/C28H13F9O/c1-12-8-14-4-7-18(24(32)22(14)27(35)23(12)31)13-2-5-16(6-3-13)28(36,37)38-17-9-15-10-20(30)25(33)26(34)21(15)19(29)11-17/h2-11H,1H3. The van der Waals surface area contributed by atoms with E-state index in [9.17, 15) is 35.1 Å². The summed E-state index contributed by atoms with van der Waals surface area (Å²) in [6.07, 6.45) is -4.09. The van der Waals surface area contributed by atoms with Crippen molar-refractivity contribution in [2.24, 2.45) is 0 Å². The molecule has 0 spiro atoms. The molecule has 1 nitrogen and oxygen atoms in total. The molecule has 0 saturated carbocycles. The number of hydrogen-bond donors (Lipinski definition) is 0. The Morgan fingerprint density at radius 3 is 1.92 bits per heavy atom. The van der Waals surface area contributed by atoms with Crippen LogP contribution < -0.4 is 4.74 Å². The van der Waals surface area contributed by atoms with E-state index in [0.29, 0.717) is 18.2 Å². The van der Waals surface area contributed by atoms with Gasteiger partial charge >= 0.3 is 6.11 Å². The van der Waals surface area contributed by atoms with Crippen LogP contribution in [0.1, 0.15) is 11.1 Å². The zero-order valence-electron chi connectivity index (χ0n) is 19.1. The molecule has 0 heterocycles. The lowest BCUT2D eigenvalue weighted by Gasteiger charge is -2.19. The third kappa shape index (κ3) is 4.09. The summed E-state index contributed by atoms with van der Waals surface area (Å²) in [4.78, 5) is 0. The molecule has 0 aliphatic rings. The van der Waals surface area contributed by atoms with Crippen LogP contribution in [0.25, 0.3) is 32.7 Å². The summed E-state index contributed by atoms with van der Waals surface area (Å²) in [5, 5.41) is -1.96. The molecule has 0 aliphatic carbocycles. The molecule has 5 aromatic rings. The number of halogens is 9. The predicted molar refractivity (Wildman–Crippen MR) is 122 cm³/mol. The van der Waals surface area contributed by atoms with Gasteiger partial charge in [-0.25, -0.2) is 30.7 Å². The molecule has 10 heteroatoms. The minimum Gasteiger partial charge on any atom is -0.429 e. The number of hydrogen-bond acceptors (Lipinski definition) is 1. The van der Waals surface area contributed by atoms with Crippen LogP contribution in [0.3, 0.4) is 0 Å². The fourth-order valence-corrected chi connectivity index (χ4v) is 4.21. The van der Waals surface area contributed by atoms with Gasteiger partial charge in [0.25, 0.3) is 0 Å². The lowest BCUT2D eigenvalue weighted by Crippen LogP contribution is -2.21. The second kappa shape index (κ2) is 8.97. The Bertz CT molecular complexity index is 1750. The van der Waals surface area contributed by atoms with Gasteiger partial charge in [-0.05, 0) is 59.2 Å². The first-order valence-electron chi connectivity index (χ1n) is 10.9. The largest absolute Gasteiger partial charge is 0.429 e. The molecule has 0 amide bonds. The van der Waals surface area contributed by atoms with Crippen LogP contribution in [0.5, 0.6) is 5.75 Å². The Hall–Kier alpha value is -4.21. The highest BCUT2D eigenvalue weighted by Crippen LogP contribution is 2.37. The molecule has 194 valence electrons. The molecule has 5 aromatic carbocycles. The number of aryl methyl sites for hydroxylation is 1. The number of rotatable bonds is 4. The number of ether oxygens (including phenoxy) is 1. The first-order chi connectivity index (χ1) is 17.9. The molecular formula is C28H13F9O. The Balaban J connectivity index is 1.48. The molecule has 0 N–H and O–H groups in total. The van der Waals surface area contributed by atoms with Crippen LogP contribution in [0.15, 0.2) is 60.7 Å². The molecule has 0 bridgehead atoms. The normalized spacial score (nSPS) is 11.9. The monoisotopic (exact) mass is 536 g/mol. The van der Waals surface area contributed by atoms with Crippen LogP contribution in [-0.2, 0) is 6.11 Å². The van der Waals surface area contributed by atoms with Gasteiger partial charge in [-0.2, -0.15) is 8.78 Å². The molecule has 0 aliphatic heterocycles. The van der Waals surface area contributed by atoms with E-state index in [1.165, 1.54) is 25.1 Å². The predicted octanol–water partition coefficient (Wildman–Crippen LogP) is 9.07. The fraction of sp³-hybridized carbons (Fsp3) is 0.0714. The van der Waals surface area contributed by atoms with E-state index < -0.39 is 74.3 Å². The summed E-state index contributed by atoms with van der Waals surface area (Å²) >= 11 is 0. The smallest absolute Gasteiger partial charge is 0.426 e. The Labute approximate surface area is 208 Å². The van der Waals surface area contributed by atoms with E-state index in [2.05, 4.69) is 4.74 Å². The van der Waals surface area contributed by atoms with E-state index >= 15 is 4.39 Å². The lowest BCUT2D eigenvalue weighted by molar-refractivity contribution is -0.185. The number of benzene rings is 5. The first-order valence-corrected chi connectivity index (χ1v) is 10.9. The molecule has 0 radical (unpaired) electrons. The van der Waals surface area contributed by atoms with Gasteiger partial charge in [-0.1, -0.05) is 24.3 Å². The maximum absolute atomic E-state index is 15.1. The maximum atomic E-state index is 15.1. The molecule has 0 fully saturated rings. The van der Waals surface area contributed by atoms with Crippen molar-refractivity contribution in [2.45, 2.75) is 13.0 Å². The molecule has 0 atom stereocenters. The zero-order valence-corrected chi connectivity index (χ0v) is 19.1. The van der Waals surface area contributed by atoms with Crippen LogP contribution in [0.4, 0.5) is 39.5 Å². The molecule has 0 saturated heterocycles. The van der Waals surface area contributed by atoms with Gasteiger partial charge in [0.2, 0.25) is 0 Å². The van der Waals surface area contributed by atoms with Gasteiger partial charge in [0.05, 0.1) is 16.3 Å². The summed E-state index contributed by atoms with van der Waals surface area (Å²) in [5.74, 6) is -11.3.